The Morgan fingerprint density at radius 2 is 1.86 bits per heavy atom. The Morgan fingerprint density at radius 1 is 1.29 bits per heavy atom. The SMILES string of the molecule is C[SiH](C)OCC(O)CCCC(C)(C)C. The first-order valence-electron chi connectivity index (χ1n) is 5.61. The molecule has 0 heterocycles. The van der Waals surface area contributed by atoms with Crippen LogP contribution in [0.3, 0.4) is 0 Å². The van der Waals surface area contributed by atoms with Crippen LogP contribution in [0.5, 0.6) is 0 Å². The topological polar surface area (TPSA) is 29.5 Å². The van der Waals surface area contributed by atoms with Crippen LogP contribution < -0.4 is 0 Å². The average molecular weight is 218 g/mol. The van der Waals surface area contributed by atoms with Crippen molar-refractivity contribution in [1.82, 2.24) is 0 Å². The molecule has 0 aliphatic heterocycles. The van der Waals surface area contributed by atoms with Gasteiger partial charge in [0.2, 0.25) is 0 Å². The van der Waals surface area contributed by atoms with Gasteiger partial charge in [0.25, 0.3) is 0 Å². The fraction of sp³-hybridized carbons (Fsp3) is 1.00. The van der Waals surface area contributed by atoms with E-state index < -0.39 is 9.04 Å². The second kappa shape index (κ2) is 6.59. The molecule has 1 unspecified atom stereocenters. The Morgan fingerprint density at radius 3 is 2.29 bits per heavy atom. The standard InChI is InChI=1S/C11H26O2Si/c1-11(2,3)8-6-7-10(12)9-13-14(4)5/h10,12,14H,6-9H2,1-5H3. The highest BCUT2D eigenvalue weighted by Crippen LogP contribution is 2.22. The molecule has 0 radical (unpaired) electrons. The summed E-state index contributed by atoms with van der Waals surface area (Å²) in [6, 6.07) is 0. The van der Waals surface area contributed by atoms with E-state index >= 15 is 0 Å². The number of rotatable bonds is 6. The minimum atomic E-state index is -0.954. The zero-order chi connectivity index (χ0) is 11.2. The Labute approximate surface area is 90.4 Å². The lowest BCUT2D eigenvalue weighted by Crippen LogP contribution is -2.20. The highest BCUT2D eigenvalue weighted by atomic mass is 28.3. The Balaban J connectivity index is 3.40. The monoisotopic (exact) mass is 218 g/mol. The van der Waals surface area contributed by atoms with Gasteiger partial charge in [0.05, 0.1) is 12.7 Å². The van der Waals surface area contributed by atoms with Crippen LogP contribution >= 0.6 is 0 Å². The van der Waals surface area contributed by atoms with E-state index in [1.165, 1.54) is 6.42 Å². The van der Waals surface area contributed by atoms with E-state index in [2.05, 4.69) is 33.9 Å². The van der Waals surface area contributed by atoms with Gasteiger partial charge in [-0.2, -0.15) is 0 Å². The van der Waals surface area contributed by atoms with Gasteiger partial charge in [-0.1, -0.05) is 27.2 Å². The van der Waals surface area contributed by atoms with E-state index in [0.717, 1.165) is 12.8 Å². The van der Waals surface area contributed by atoms with Crippen LogP contribution in [-0.4, -0.2) is 26.9 Å². The normalized spacial score (nSPS) is 14.8. The van der Waals surface area contributed by atoms with E-state index in [-0.39, 0.29) is 6.10 Å². The molecule has 0 aromatic rings. The summed E-state index contributed by atoms with van der Waals surface area (Å²) in [5, 5.41) is 9.59. The van der Waals surface area contributed by atoms with Crippen molar-refractivity contribution in [3.63, 3.8) is 0 Å². The third-order valence-electron chi connectivity index (χ3n) is 2.09. The van der Waals surface area contributed by atoms with E-state index in [9.17, 15) is 5.11 Å². The summed E-state index contributed by atoms with van der Waals surface area (Å²) in [4.78, 5) is 0. The zero-order valence-electron chi connectivity index (χ0n) is 10.3. The molecule has 0 aliphatic rings. The Kier molecular flexibility index (Phi) is 6.65. The fourth-order valence-electron chi connectivity index (χ4n) is 1.25. The summed E-state index contributed by atoms with van der Waals surface area (Å²) in [5.41, 5.74) is 0.382. The van der Waals surface area contributed by atoms with Crippen LogP contribution in [0.2, 0.25) is 13.1 Å². The number of hydrogen-bond donors (Lipinski definition) is 1. The predicted octanol–water partition coefficient (Wildman–Crippen LogP) is 2.56. The van der Waals surface area contributed by atoms with Crippen molar-refractivity contribution >= 4 is 9.04 Å². The quantitative estimate of drug-likeness (QED) is 0.694. The Bertz CT molecular complexity index is 141. The summed E-state index contributed by atoms with van der Waals surface area (Å²) < 4.78 is 5.48. The van der Waals surface area contributed by atoms with E-state index in [1.54, 1.807) is 0 Å². The lowest BCUT2D eigenvalue weighted by Gasteiger charge is -2.19. The summed E-state index contributed by atoms with van der Waals surface area (Å²) in [6.45, 7) is 11.5. The van der Waals surface area contributed by atoms with Gasteiger partial charge in [-0.3, -0.25) is 0 Å². The first kappa shape index (κ1) is 14.1. The fourth-order valence-corrected chi connectivity index (χ4v) is 1.86. The molecule has 0 fully saturated rings. The highest BCUT2D eigenvalue weighted by molar-refractivity contribution is 6.48. The van der Waals surface area contributed by atoms with Crippen LogP contribution in [0, 0.1) is 5.41 Å². The smallest absolute Gasteiger partial charge is 0.171 e. The molecule has 1 N–H and O–H groups in total. The van der Waals surface area contributed by atoms with Gasteiger partial charge >= 0.3 is 0 Å². The number of aliphatic hydroxyl groups is 1. The van der Waals surface area contributed by atoms with Gasteiger partial charge in [-0.05, 0) is 31.4 Å². The van der Waals surface area contributed by atoms with Crippen LogP contribution in [0.25, 0.3) is 0 Å². The maximum Gasteiger partial charge on any atom is 0.171 e. The largest absolute Gasteiger partial charge is 0.418 e. The third-order valence-corrected chi connectivity index (χ3v) is 2.95. The average Bonchev–Trinajstić information content (AvgIpc) is 1.98. The molecule has 0 rings (SSSR count). The first-order chi connectivity index (χ1) is 6.31. The van der Waals surface area contributed by atoms with Gasteiger partial charge in [-0.15, -0.1) is 0 Å². The van der Waals surface area contributed by atoms with Gasteiger partial charge in [0.15, 0.2) is 9.04 Å². The third kappa shape index (κ3) is 10.2. The molecule has 2 nitrogen and oxygen atoms in total. The van der Waals surface area contributed by atoms with Crippen molar-refractivity contribution in [3.05, 3.63) is 0 Å². The lowest BCUT2D eigenvalue weighted by molar-refractivity contribution is 0.0949. The molecule has 0 spiro atoms. The van der Waals surface area contributed by atoms with Crippen molar-refractivity contribution in [2.45, 2.75) is 59.2 Å². The van der Waals surface area contributed by atoms with Gasteiger partial charge < -0.3 is 9.53 Å². The molecule has 86 valence electrons. The molecule has 0 aromatic carbocycles. The predicted molar refractivity (Wildman–Crippen MR) is 64.1 cm³/mol. The second-order valence-electron chi connectivity index (χ2n) is 5.49. The summed E-state index contributed by atoms with van der Waals surface area (Å²) >= 11 is 0. The van der Waals surface area contributed by atoms with Gasteiger partial charge in [-0.25, -0.2) is 0 Å². The highest BCUT2D eigenvalue weighted by Gasteiger charge is 2.11. The van der Waals surface area contributed by atoms with E-state index in [4.69, 9.17) is 4.43 Å². The molecular weight excluding hydrogens is 192 g/mol. The van der Waals surface area contributed by atoms with Crippen molar-refractivity contribution in [2.24, 2.45) is 5.41 Å². The summed E-state index contributed by atoms with van der Waals surface area (Å²) in [6.07, 6.45) is 2.88. The molecule has 0 bridgehead atoms. The van der Waals surface area contributed by atoms with Gasteiger partial charge in [0.1, 0.15) is 0 Å². The van der Waals surface area contributed by atoms with Crippen molar-refractivity contribution in [2.75, 3.05) is 6.61 Å². The number of aliphatic hydroxyl groups excluding tert-OH is 1. The Hall–Kier alpha value is 0.137. The molecule has 0 aromatic heterocycles. The molecule has 0 aliphatic carbocycles. The minimum absolute atomic E-state index is 0.257. The molecule has 3 heteroatoms. The molecule has 14 heavy (non-hydrogen) atoms. The van der Waals surface area contributed by atoms with Crippen molar-refractivity contribution in [1.29, 1.82) is 0 Å². The van der Waals surface area contributed by atoms with Crippen LogP contribution in [0.1, 0.15) is 40.0 Å². The molecule has 0 saturated heterocycles. The minimum Gasteiger partial charge on any atom is -0.418 e. The first-order valence-corrected chi connectivity index (χ1v) is 8.39. The summed E-state index contributed by atoms with van der Waals surface area (Å²) in [5.74, 6) is 0. The zero-order valence-corrected chi connectivity index (χ0v) is 11.5. The van der Waals surface area contributed by atoms with E-state index in [1.807, 2.05) is 0 Å². The number of hydrogen-bond acceptors (Lipinski definition) is 2. The van der Waals surface area contributed by atoms with E-state index in [0.29, 0.717) is 12.0 Å². The maximum atomic E-state index is 9.59. The van der Waals surface area contributed by atoms with Gasteiger partial charge in [0, 0.05) is 0 Å². The van der Waals surface area contributed by atoms with Crippen LogP contribution in [0.15, 0.2) is 0 Å². The molecule has 1 atom stereocenters. The molecule has 0 saturated carbocycles. The molecule has 0 amide bonds. The maximum absolute atomic E-state index is 9.59. The van der Waals surface area contributed by atoms with Crippen LogP contribution in [0.4, 0.5) is 0 Å². The lowest BCUT2D eigenvalue weighted by atomic mass is 9.89. The summed E-state index contributed by atoms with van der Waals surface area (Å²) in [7, 11) is -0.954. The van der Waals surface area contributed by atoms with Crippen molar-refractivity contribution in [3.8, 4) is 0 Å². The molecular formula is C11H26O2Si. The van der Waals surface area contributed by atoms with Crippen molar-refractivity contribution < 1.29 is 9.53 Å². The van der Waals surface area contributed by atoms with Crippen LogP contribution in [-0.2, 0) is 4.43 Å². The second-order valence-corrected chi connectivity index (χ2v) is 7.92.